The number of aromatic nitrogens is 2. The molecule has 0 radical (unpaired) electrons. The minimum Gasteiger partial charge on any atom is -0.370 e. The zero-order valence-electron chi connectivity index (χ0n) is 11.8. The van der Waals surface area contributed by atoms with Gasteiger partial charge in [0.1, 0.15) is 17.5 Å². The molecule has 1 aromatic carbocycles. The number of halogens is 2. The van der Waals surface area contributed by atoms with Gasteiger partial charge in [0.05, 0.1) is 6.20 Å². The molecule has 2 N–H and O–H groups in total. The van der Waals surface area contributed by atoms with E-state index in [2.05, 4.69) is 15.7 Å². The Labute approximate surface area is 122 Å². The molecule has 0 fully saturated rings. The van der Waals surface area contributed by atoms with Crippen LogP contribution in [-0.2, 0) is 6.54 Å². The minimum absolute atomic E-state index is 0.236. The lowest BCUT2D eigenvalue weighted by Gasteiger charge is -2.26. The highest BCUT2D eigenvalue weighted by Gasteiger charge is 2.19. The third-order valence-corrected chi connectivity index (χ3v) is 3.86. The third-order valence-electron chi connectivity index (χ3n) is 3.86. The summed E-state index contributed by atoms with van der Waals surface area (Å²) >= 11 is 0. The van der Waals surface area contributed by atoms with Gasteiger partial charge in [-0.15, -0.1) is 0 Å². The summed E-state index contributed by atoms with van der Waals surface area (Å²) in [5, 5.41) is 10.8. The lowest BCUT2D eigenvalue weighted by atomic mass is 10.0. The summed E-state index contributed by atoms with van der Waals surface area (Å²) in [6.45, 7) is 4.22. The fourth-order valence-corrected chi connectivity index (χ4v) is 2.62. The van der Waals surface area contributed by atoms with Crippen LogP contribution in [-0.4, -0.2) is 22.9 Å². The number of anilines is 1. The Bertz CT molecular complexity index is 626. The topological polar surface area (TPSA) is 41.9 Å². The first kappa shape index (κ1) is 14.0. The summed E-state index contributed by atoms with van der Waals surface area (Å²) in [6.07, 6.45) is 1.77. The quantitative estimate of drug-likeness (QED) is 0.910. The van der Waals surface area contributed by atoms with Gasteiger partial charge in [-0.2, -0.15) is 5.10 Å². The van der Waals surface area contributed by atoms with Gasteiger partial charge < -0.3 is 10.6 Å². The smallest absolute Gasteiger partial charge is 0.128 e. The molecule has 112 valence electrons. The Hall–Kier alpha value is -1.95. The second-order valence-electron chi connectivity index (χ2n) is 5.44. The number of hydrogen-bond acceptors (Lipinski definition) is 3. The van der Waals surface area contributed by atoms with E-state index in [1.165, 1.54) is 12.1 Å². The Morgan fingerprint density at radius 3 is 3.14 bits per heavy atom. The first-order valence-electron chi connectivity index (χ1n) is 7.07. The number of fused-ring (bicyclic) bond motifs is 1. The van der Waals surface area contributed by atoms with E-state index < -0.39 is 5.82 Å². The first-order chi connectivity index (χ1) is 10.1. The Morgan fingerprint density at radius 2 is 2.29 bits per heavy atom. The largest absolute Gasteiger partial charge is 0.370 e. The molecular weight excluding hydrogens is 274 g/mol. The zero-order chi connectivity index (χ0) is 14.8. The van der Waals surface area contributed by atoms with E-state index in [1.807, 2.05) is 17.7 Å². The molecule has 1 aliphatic heterocycles. The summed E-state index contributed by atoms with van der Waals surface area (Å²) in [7, 11) is 0. The van der Waals surface area contributed by atoms with Crippen LogP contribution in [0.1, 0.15) is 18.5 Å². The van der Waals surface area contributed by atoms with E-state index in [0.717, 1.165) is 25.0 Å². The van der Waals surface area contributed by atoms with Gasteiger partial charge in [-0.1, -0.05) is 0 Å². The maximum atomic E-state index is 13.7. The van der Waals surface area contributed by atoms with Crippen molar-refractivity contribution in [2.45, 2.75) is 19.5 Å². The molecule has 6 heteroatoms. The molecule has 0 amide bonds. The van der Waals surface area contributed by atoms with Crippen LogP contribution in [0.25, 0.3) is 0 Å². The summed E-state index contributed by atoms with van der Waals surface area (Å²) in [4.78, 5) is 0. The van der Waals surface area contributed by atoms with Crippen molar-refractivity contribution in [3.8, 4) is 0 Å². The average molecular weight is 292 g/mol. The fraction of sp³-hybridized carbons (Fsp3) is 0.400. The van der Waals surface area contributed by atoms with Crippen LogP contribution in [0.3, 0.4) is 0 Å². The lowest BCUT2D eigenvalue weighted by molar-refractivity contribution is 0.373. The molecule has 4 nitrogen and oxygen atoms in total. The third kappa shape index (κ3) is 3.05. The van der Waals surface area contributed by atoms with E-state index >= 15 is 0 Å². The molecule has 3 rings (SSSR count). The van der Waals surface area contributed by atoms with E-state index in [9.17, 15) is 8.78 Å². The van der Waals surface area contributed by atoms with Crippen molar-refractivity contribution >= 4 is 5.82 Å². The van der Waals surface area contributed by atoms with Gasteiger partial charge in [0.2, 0.25) is 0 Å². The summed E-state index contributed by atoms with van der Waals surface area (Å²) in [5.74, 6) is 0.583. The highest BCUT2D eigenvalue weighted by Crippen LogP contribution is 2.20. The molecule has 1 aliphatic rings. The number of nitrogens with one attached hydrogen (secondary N) is 2. The standard InChI is InChI=1S/C15H18F2N4/c1-10(13-6-12(16)2-3-14(13)17)18-7-11-8-19-15-4-5-20-21(15)9-11/h2-6,10-11,18-19H,7-9H2,1H3/t10-,11-/m1/s1. The van der Waals surface area contributed by atoms with Crippen molar-refractivity contribution in [2.24, 2.45) is 5.92 Å². The SMILES string of the molecule is C[C@@H](NC[C@@H]1CNc2ccnn2C1)c1cc(F)ccc1F. The van der Waals surface area contributed by atoms with Crippen LogP contribution in [0.15, 0.2) is 30.5 Å². The highest BCUT2D eigenvalue weighted by molar-refractivity contribution is 5.35. The predicted octanol–water partition coefficient (Wildman–Crippen LogP) is 2.55. The second-order valence-corrected chi connectivity index (χ2v) is 5.44. The van der Waals surface area contributed by atoms with Gasteiger partial charge in [0.25, 0.3) is 0 Å². The molecule has 0 spiro atoms. The summed E-state index contributed by atoms with van der Waals surface area (Å²) < 4.78 is 28.8. The minimum atomic E-state index is -0.416. The van der Waals surface area contributed by atoms with Crippen LogP contribution in [0.5, 0.6) is 0 Å². The predicted molar refractivity (Wildman–Crippen MR) is 77.0 cm³/mol. The zero-order valence-corrected chi connectivity index (χ0v) is 11.8. The van der Waals surface area contributed by atoms with Crippen molar-refractivity contribution in [3.63, 3.8) is 0 Å². The van der Waals surface area contributed by atoms with Gasteiger partial charge >= 0.3 is 0 Å². The molecule has 0 saturated carbocycles. The number of hydrogen-bond donors (Lipinski definition) is 2. The van der Waals surface area contributed by atoms with E-state index in [-0.39, 0.29) is 11.9 Å². The van der Waals surface area contributed by atoms with Gasteiger partial charge in [-0.25, -0.2) is 13.5 Å². The fourth-order valence-electron chi connectivity index (χ4n) is 2.62. The van der Waals surface area contributed by atoms with Crippen LogP contribution in [0, 0.1) is 17.6 Å². The normalized spacial score (nSPS) is 18.9. The molecule has 2 atom stereocenters. The van der Waals surface area contributed by atoms with Crippen LogP contribution < -0.4 is 10.6 Å². The van der Waals surface area contributed by atoms with E-state index in [0.29, 0.717) is 18.0 Å². The van der Waals surface area contributed by atoms with Gasteiger partial charge in [0.15, 0.2) is 0 Å². The molecule has 0 saturated heterocycles. The Morgan fingerprint density at radius 1 is 1.43 bits per heavy atom. The Kier molecular flexibility index (Phi) is 3.88. The maximum Gasteiger partial charge on any atom is 0.128 e. The van der Waals surface area contributed by atoms with Gasteiger partial charge in [0, 0.05) is 43.2 Å². The molecule has 0 bridgehead atoms. The first-order valence-corrected chi connectivity index (χ1v) is 7.07. The lowest BCUT2D eigenvalue weighted by Crippen LogP contribution is -2.36. The molecule has 2 heterocycles. The number of benzene rings is 1. The highest BCUT2D eigenvalue weighted by atomic mass is 19.1. The molecule has 1 aromatic heterocycles. The number of rotatable bonds is 4. The average Bonchev–Trinajstić information content (AvgIpc) is 2.94. The van der Waals surface area contributed by atoms with Crippen LogP contribution >= 0.6 is 0 Å². The van der Waals surface area contributed by atoms with Crippen molar-refractivity contribution in [1.29, 1.82) is 0 Å². The van der Waals surface area contributed by atoms with Gasteiger partial charge in [-0.3, -0.25) is 0 Å². The molecule has 2 aromatic rings. The van der Waals surface area contributed by atoms with Crippen molar-refractivity contribution < 1.29 is 8.78 Å². The van der Waals surface area contributed by atoms with Gasteiger partial charge in [-0.05, 0) is 25.1 Å². The van der Waals surface area contributed by atoms with Crippen molar-refractivity contribution in [1.82, 2.24) is 15.1 Å². The summed E-state index contributed by atoms with van der Waals surface area (Å²) in [5.41, 5.74) is 0.360. The number of nitrogens with zero attached hydrogens (tertiary/aromatic N) is 2. The molecule has 0 unspecified atom stereocenters. The Balaban J connectivity index is 1.59. The summed E-state index contributed by atoms with van der Waals surface area (Å²) in [6, 6.07) is 5.25. The van der Waals surface area contributed by atoms with Crippen molar-refractivity contribution in [3.05, 3.63) is 47.7 Å². The van der Waals surface area contributed by atoms with E-state index in [4.69, 9.17) is 0 Å². The second kappa shape index (κ2) is 5.81. The molecule has 0 aliphatic carbocycles. The van der Waals surface area contributed by atoms with Crippen molar-refractivity contribution in [2.75, 3.05) is 18.4 Å². The van der Waals surface area contributed by atoms with E-state index in [1.54, 1.807) is 6.20 Å². The maximum absolute atomic E-state index is 13.7. The monoisotopic (exact) mass is 292 g/mol. The molecule has 21 heavy (non-hydrogen) atoms. The van der Waals surface area contributed by atoms with Crippen LogP contribution in [0.4, 0.5) is 14.6 Å². The van der Waals surface area contributed by atoms with Crippen LogP contribution in [0.2, 0.25) is 0 Å². The molecular formula is C15H18F2N4.